The summed E-state index contributed by atoms with van der Waals surface area (Å²) in [6, 6.07) is 0.377. The first-order valence-electron chi connectivity index (χ1n) is 6.26. The summed E-state index contributed by atoms with van der Waals surface area (Å²) in [5.74, 6) is 0.887. The summed E-state index contributed by atoms with van der Waals surface area (Å²) >= 11 is 0. The van der Waals surface area contributed by atoms with Gasteiger partial charge in [0.1, 0.15) is 5.82 Å². The lowest BCUT2D eigenvalue weighted by Gasteiger charge is -2.12. The molecule has 1 aromatic rings. The molecule has 0 bridgehead atoms. The molecule has 1 fully saturated rings. The van der Waals surface area contributed by atoms with E-state index < -0.39 is 0 Å². The monoisotopic (exact) mass is 249 g/mol. The Morgan fingerprint density at radius 2 is 2.17 bits per heavy atom. The highest BCUT2D eigenvalue weighted by molar-refractivity contribution is 5.81. The number of nitrogen functional groups attached to an aromatic ring is 1. The number of aromatic nitrogens is 2. The van der Waals surface area contributed by atoms with E-state index in [9.17, 15) is 4.79 Å². The maximum atomic E-state index is 11.6. The molecule has 0 spiro atoms. The standard InChI is InChI=1S/C12H19N5O/c1-3-9-7(2)15-12(13)17-11(9)14-6-10(18)16-8-4-5-8/h8H,3-6H2,1-2H3,(H,16,18)(H3,13,14,15,17). The number of nitrogens with two attached hydrogens (primary N) is 1. The van der Waals surface area contributed by atoms with Gasteiger partial charge in [-0.25, -0.2) is 4.98 Å². The molecule has 0 radical (unpaired) electrons. The second-order valence-electron chi connectivity index (χ2n) is 4.54. The van der Waals surface area contributed by atoms with E-state index in [0.29, 0.717) is 11.9 Å². The van der Waals surface area contributed by atoms with E-state index in [4.69, 9.17) is 5.73 Å². The summed E-state index contributed by atoms with van der Waals surface area (Å²) in [5.41, 5.74) is 7.48. The quantitative estimate of drug-likeness (QED) is 0.711. The number of aryl methyl sites for hydroxylation is 1. The zero-order chi connectivity index (χ0) is 13.1. The van der Waals surface area contributed by atoms with Crippen molar-refractivity contribution in [3.05, 3.63) is 11.3 Å². The molecular formula is C12H19N5O. The molecule has 0 atom stereocenters. The van der Waals surface area contributed by atoms with Gasteiger partial charge in [-0.15, -0.1) is 0 Å². The third-order valence-corrected chi connectivity index (χ3v) is 2.94. The fraction of sp³-hybridized carbons (Fsp3) is 0.583. The van der Waals surface area contributed by atoms with Gasteiger partial charge in [0.05, 0.1) is 6.54 Å². The lowest BCUT2D eigenvalue weighted by Crippen LogP contribution is -2.31. The second kappa shape index (κ2) is 5.20. The van der Waals surface area contributed by atoms with Gasteiger partial charge < -0.3 is 16.4 Å². The Bertz CT molecular complexity index is 456. The largest absolute Gasteiger partial charge is 0.368 e. The predicted molar refractivity (Wildman–Crippen MR) is 70.2 cm³/mol. The minimum Gasteiger partial charge on any atom is -0.368 e. The molecule has 1 aliphatic carbocycles. The van der Waals surface area contributed by atoms with E-state index in [1.54, 1.807) is 0 Å². The van der Waals surface area contributed by atoms with Crippen molar-refractivity contribution in [3.63, 3.8) is 0 Å². The van der Waals surface area contributed by atoms with Crippen LogP contribution in [-0.4, -0.2) is 28.5 Å². The summed E-state index contributed by atoms with van der Waals surface area (Å²) in [7, 11) is 0. The highest BCUT2D eigenvalue weighted by Gasteiger charge is 2.23. The molecule has 1 heterocycles. The Morgan fingerprint density at radius 1 is 1.44 bits per heavy atom. The Kier molecular flexibility index (Phi) is 3.64. The van der Waals surface area contributed by atoms with Crippen LogP contribution >= 0.6 is 0 Å². The van der Waals surface area contributed by atoms with Crippen LogP contribution in [0.3, 0.4) is 0 Å². The third-order valence-electron chi connectivity index (χ3n) is 2.94. The molecule has 1 amide bonds. The number of nitrogens with zero attached hydrogens (tertiary/aromatic N) is 2. The van der Waals surface area contributed by atoms with Crippen LogP contribution in [0.4, 0.5) is 11.8 Å². The average molecular weight is 249 g/mol. The average Bonchev–Trinajstić information content (AvgIpc) is 3.09. The number of hydrogen-bond acceptors (Lipinski definition) is 5. The SMILES string of the molecule is CCc1c(C)nc(N)nc1NCC(=O)NC1CC1. The fourth-order valence-corrected chi connectivity index (χ4v) is 1.86. The van der Waals surface area contributed by atoms with Crippen LogP contribution in [0.25, 0.3) is 0 Å². The van der Waals surface area contributed by atoms with Crippen molar-refractivity contribution in [1.82, 2.24) is 15.3 Å². The molecule has 6 nitrogen and oxygen atoms in total. The van der Waals surface area contributed by atoms with E-state index >= 15 is 0 Å². The molecule has 1 aromatic heterocycles. The molecule has 4 N–H and O–H groups in total. The number of anilines is 2. The Labute approximate surface area is 106 Å². The lowest BCUT2D eigenvalue weighted by atomic mass is 10.1. The van der Waals surface area contributed by atoms with Crippen LogP contribution in [0.5, 0.6) is 0 Å². The van der Waals surface area contributed by atoms with Gasteiger partial charge in [-0.1, -0.05) is 6.92 Å². The topological polar surface area (TPSA) is 92.9 Å². The smallest absolute Gasteiger partial charge is 0.239 e. The van der Waals surface area contributed by atoms with Gasteiger partial charge >= 0.3 is 0 Å². The first-order chi connectivity index (χ1) is 8.60. The molecule has 1 aliphatic rings. The van der Waals surface area contributed by atoms with E-state index in [1.807, 2.05) is 13.8 Å². The minimum atomic E-state index is -0.00519. The van der Waals surface area contributed by atoms with Gasteiger partial charge in [0.2, 0.25) is 11.9 Å². The summed E-state index contributed by atoms with van der Waals surface area (Å²) in [5, 5.41) is 5.95. The van der Waals surface area contributed by atoms with Crippen molar-refractivity contribution in [1.29, 1.82) is 0 Å². The van der Waals surface area contributed by atoms with Gasteiger partial charge in [0, 0.05) is 17.3 Å². The first kappa shape index (κ1) is 12.6. The molecule has 18 heavy (non-hydrogen) atoms. The molecule has 98 valence electrons. The van der Waals surface area contributed by atoms with Crippen molar-refractivity contribution < 1.29 is 4.79 Å². The van der Waals surface area contributed by atoms with Crippen LogP contribution in [0.1, 0.15) is 31.0 Å². The van der Waals surface area contributed by atoms with Crippen molar-refractivity contribution in [2.75, 3.05) is 17.6 Å². The Hall–Kier alpha value is -1.85. The van der Waals surface area contributed by atoms with Gasteiger partial charge in [-0.3, -0.25) is 4.79 Å². The van der Waals surface area contributed by atoms with Gasteiger partial charge in [0.25, 0.3) is 0 Å². The lowest BCUT2D eigenvalue weighted by molar-refractivity contribution is -0.119. The fourth-order valence-electron chi connectivity index (χ4n) is 1.86. The molecule has 0 aromatic carbocycles. The summed E-state index contributed by atoms with van der Waals surface area (Å²) in [4.78, 5) is 19.9. The van der Waals surface area contributed by atoms with Crippen LogP contribution < -0.4 is 16.4 Å². The van der Waals surface area contributed by atoms with Gasteiger partial charge in [-0.2, -0.15) is 4.98 Å². The zero-order valence-corrected chi connectivity index (χ0v) is 10.8. The summed E-state index contributed by atoms with van der Waals surface area (Å²) in [6.07, 6.45) is 2.98. The van der Waals surface area contributed by atoms with Crippen LogP contribution in [-0.2, 0) is 11.2 Å². The Morgan fingerprint density at radius 3 is 2.78 bits per heavy atom. The highest BCUT2D eigenvalue weighted by Crippen LogP contribution is 2.19. The maximum Gasteiger partial charge on any atom is 0.239 e. The molecule has 0 unspecified atom stereocenters. The number of rotatable bonds is 5. The first-order valence-corrected chi connectivity index (χ1v) is 6.26. The van der Waals surface area contributed by atoms with Crippen LogP contribution in [0.15, 0.2) is 0 Å². The third kappa shape index (κ3) is 3.09. The second-order valence-corrected chi connectivity index (χ2v) is 4.54. The molecule has 1 saturated carbocycles. The van der Waals surface area contributed by atoms with Crippen molar-refractivity contribution >= 4 is 17.7 Å². The van der Waals surface area contributed by atoms with Gasteiger partial charge in [-0.05, 0) is 26.2 Å². The summed E-state index contributed by atoms with van der Waals surface area (Å²) < 4.78 is 0. The predicted octanol–water partition coefficient (Wildman–Crippen LogP) is 0.620. The van der Waals surface area contributed by atoms with E-state index in [0.717, 1.165) is 30.5 Å². The molecule has 2 rings (SSSR count). The molecule has 0 aliphatic heterocycles. The number of carbonyl (C=O) groups is 1. The van der Waals surface area contributed by atoms with E-state index in [2.05, 4.69) is 20.6 Å². The van der Waals surface area contributed by atoms with Crippen molar-refractivity contribution in [3.8, 4) is 0 Å². The number of carbonyl (C=O) groups excluding carboxylic acids is 1. The highest BCUT2D eigenvalue weighted by atomic mass is 16.2. The maximum absolute atomic E-state index is 11.6. The normalized spacial score (nSPS) is 14.3. The molecule has 6 heteroatoms. The van der Waals surface area contributed by atoms with Crippen molar-refractivity contribution in [2.45, 2.75) is 39.2 Å². The van der Waals surface area contributed by atoms with Crippen LogP contribution in [0, 0.1) is 6.92 Å². The van der Waals surface area contributed by atoms with E-state index in [1.165, 1.54) is 0 Å². The minimum absolute atomic E-state index is 0.00519. The van der Waals surface area contributed by atoms with Crippen LogP contribution in [0.2, 0.25) is 0 Å². The number of nitrogens with one attached hydrogen (secondary N) is 2. The van der Waals surface area contributed by atoms with Crippen molar-refractivity contribution in [2.24, 2.45) is 0 Å². The summed E-state index contributed by atoms with van der Waals surface area (Å²) in [6.45, 7) is 4.14. The number of hydrogen-bond donors (Lipinski definition) is 3. The van der Waals surface area contributed by atoms with E-state index in [-0.39, 0.29) is 18.4 Å². The molecular weight excluding hydrogens is 230 g/mol. The number of amides is 1. The molecule has 0 saturated heterocycles. The Balaban J connectivity index is 2.00. The van der Waals surface area contributed by atoms with Gasteiger partial charge in [0.15, 0.2) is 0 Å². The zero-order valence-electron chi connectivity index (χ0n) is 10.8.